The van der Waals surface area contributed by atoms with E-state index in [1.165, 1.54) is 11.0 Å². The van der Waals surface area contributed by atoms with Gasteiger partial charge in [0.2, 0.25) is 0 Å². The number of aryl methyl sites for hydroxylation is 1. The summed E-state index contributed by atoms with van der Waals surface area (Å²) in [6.07, 6.45) is 2.08. The van der Waals surface area contributed by atoms with E-state index in [1.807, 2.05) is 24.3 Å². The zero-order chi connectivity index (χ0) is 11.8. The smallest absolute Gasteiger partial charge is 0.126 e. The summed E-state index contributed by atoms with van der Waals surface area (Å²) in [4.78, 5) is 1.33. The van der Waals surface area contributed by atoms with Crippen LogP contribution in [0.2, 0.25) is 0 Å². The largest absolute Gasteiger partial charge is 0.207 e. The fourth-order valence-corrected chi connectivity index (χ4v) is 1.54. The molecule has 2 aromatic rings. The van der Waals surface area contributed by atoms with Crippen molar-refractivity contribution >= 4 is 11.8 Å². The normalized spacial score (nSPS) is 9.19. The number of hydrogen-bond donors (Lipinski definition) is 0. The Morgan fingerprint density at radius 1 is 0.875 bits per heavy atom. The maximum atomic E-state index is 12.3. The molecule has 84 valence electrons. The van der Waals surface area contributed by atoms with E-state index in [0.29, 0.717) is 5.56 Å². The van der Waals surface area contributed by atoms with Crippen LogP contribution in [0.4, 0.5) is 4.39 Å². The molecule has 0 heterocycles. The summed E-state index contributed by atoms with van der Waals surface area (Å²) < 4.78 is 12.3. The minimum atomic E-state index is -0.132. The van der Waals surface area contributed by atoms with Crippen LogP contribution in [0.3, 0.4) is 0 Å². The molecular formula is C14H15FS. The Labute approximate surface area is 101 Å². The molecule has 0 radical (unpaired) electrons. The number of thioether (sulfide) groups is 1. The first-order valence-corrected chi connectivity index (χ1v) is 6.26. The second-order valence-corrected chi connectivity index (χ2v) is 4.15. The molecule has 0 fully saturated rings. The van der Waals surface area contributed by atoms with Crippen molar-refractivity contribution in [1.29, 1.82) is 0 Å². The summed E-state index contributed by atoms with van der Waals surface area (Å²) in [6, 6.07) is 17.0. The molecule has 0 aliphatic carbocycles. The third-order valence-electron chi connectivity index (χ3n) is 2.06. The summed E-state index contributed by atoms with van der Waals surface area (Å²) in [6.45, 7) is 1.75. The number of hydrogen-bond acceptors (Lipinski definition) is 1. The fraction of sp³-hybridized carbons (Fsp3) is 0.143. The van der Waals surface area contributed by atoms with Gasteiger partial charge in [0, 0.05) is 4.90 Å². The highest BCUT2D eigenvalue weighted by molar-refractivity contribution is 7.98. The molecule has 16 heavy (non-hydrogen) atoms. The van der Waals surface area contributed by atoms with E-state index in [4.69, 9.17) is 0 Å². The van der Waals surface area contributed by atoms with Crippen LogP contribution in [0.25, 0.3) is 0 Å². The summed E-state index contributed by atoms with van der Waals surface area (Å²) in [5, 5.41) is 0. The highest BCUT2D eigenvalue weighted by atomic mass is 32.2. The van der Waals surface area contributed by atoms with Crippen LogP contribution in [0.5, 0.6) is 0 Å². The monoisotopic (exact) mass is 234 g/mol. The van der Waals surface area contributed by atoms with Gasteiger partial charge >= 0.3 is 0 Å². The first-order valence-electron chi connectivity index (χ1n) is 5.04. The van der Waals surface area contributed by atoms with Crippen molar-refractivity contribution in [2.24, 2.45) is 0 Å². The first-order chi connectivity index (χ1) is 7.74. The molecule has 2 aromatic carbocycles. The van der Waals surface area contributed by atoms with Crippen LogP contribution in [0.15, 0.2) is 59.5 Å². The van der Waals surface area contributed by atoms with Gasteiger partial charge in [0.15, 0.2) is 0 Å². The van der Waals surface area contributed by atoms with Crippen LogP contribution in [0.1, 0.15) is 5.56 Å². The predicted octanol–water partition coefficient (Wildman–Crippen LogP) is 4.54. The molecule has 0 unspecified atom stereocenters. The third kappa shape index (κ3) is 4.49. The molecule has 0 aromatic heterocycles. The maximum Gasteiger partial charge on any atom is 0.126 e. The Morgan fingerprint density at radius 2 is 1.44 bits per heavy atom. The summed E-state index contributed by atoms with van der Waals surface area (Å²) in [5.74, 6) is -0.132. The lowest BCUT2D eigenvalue weighted by molar-refractivity contribution is 0.618. The molecule has 2 heteroatoms. The SMILES string of the molecule is CSc1ccccc1.Cc1ccccc1F. The van der Waals surface area contributed by atoms with E-state index in [2.05, 4.69) is 18.4 Å². The number of halogens is 1. The van der Waals surface area contributed by atoms with E-state index in [1.54, 1.807) is 30.8 Å². The molecular weight excluding hydrogens is 219 g/mol. The molecule has 0 saturated heterocycles. The van der Waals surface area contributed by atoms with Gasteiger partial charge in [-0.2, -0.15) is 0 Å². The minimum Gasteiger partial charge on any atom is -0.207 e. The summed E-state index contributed by atoms with van der Waals surface area (Å²) in [7, 11) is 0. The van der Waals surface area contributed by atoms with Crippen molar-refractivity contribution in [3.63, 3.8) is 0 Å². The van der Waals surface area contributed by atoms with Crippen LogP contribution in [-0.2, 0) is 0 Å². The molecule has 0 spiro atoms. The molecule has 0 N–H and O–H groups in total. The Bertz CT molecular complexity index is 391. The van der Waals surface area contributed by atoms with Crippen molar-refractivity contribution in [2.75, 3.05) is 6.26 Å². The highest BCUT2D eigenvalue weighted by Gasteiger charge is 1.88. The first kappa shape index (κ1) is 12.8. The van der Waals surface area contributed by atoms with Gasteiger partial charge < -0.3 is 0 Å². The average molecular weight is 234 g/mol. The Balaban J connectivity index is 0.000000160. The van der Waals surface area contributed by atoms with Gasteiger partial charge in [0.25, 0.3) is 0 Å². The molecule has 0 bridgehead atoms. The lowest BCUT2D eigenvalue weighted by Gasteiger charge is -1.89. The predicted molar refractivity (Wildman–Crippen MR) is 69.4 cm³/mol. The van der Waals surface area contributed by atoms with Crippen molar-refractivity contribution in [1.82, 2.24) is 0 Å². The van der Waals surface area contributed by atoms with Crippen molar-refractivity contribution < 1.29 is 4.39 Å². The third-order valence-corrected chi connectivity index (χ3v) is 2.80. The van der Waals surface area contributed by atoms with Crippen LogP contribution >= 0.6 is 11.8 Å². The zero-order valence-electron chi connectivity index (χ0n) is 9.48. The van der Waals surface area contributed by atoms with Gasteiger partial charge in [-0.1, -0.05) is 36.4 Å². The fourth-order valence-electron chi connectivity index (χ4n) is 1.11. The van der Waals surface area contributed by atoms with Gasteiger partial charge in [-0.25, -0.2) is 4.39 Å². The van der Waals surface area contributed by atoms with E-state index in [9.17, 15) is 4.39 Å². The van der Waals surface area contributed by atoms with Crippen LogP contribution in [-0.4, -0.2) is 6.26 Å². The van der Waals surface area contributed by atoms with E-state index in [0.717, 1.165) is 0 Å². The number of benzene rings is 2. The quantitative estimate of drug-likeness (QED) is 0.653. The molecule has 0 aliphatic heterocycles. The maximum absolute atomic E-state index is 12.3. The number of rotatable bonds is 1. The molecule has 2 rings (SSSR count). The van der Waals surface area contributed by atoms with Gasteiger partial charge in [-0.15, -0.1) is 11.8 Å². The minimum absolute atomic E-state index is 0.132. The Morgan fingerprint density at radius 3 is 1.81 bits per heavy atom. The van der Waals surface area contributed by atoms with Gasteiger partial charge in [0.05, 0.1) is 0 Å². The molecule has 0 atom stereocenters. The van der Waals surface area contributed by atoms with Crippen LogP contribution < -0.4 is 0 Å². The van der Waals surface area contributed by atoms with E-state index >= 15 is 0 Å². The molecule has 0 amide bonds. The molecule has 0 saturated carbocycles. The Hall–Kier alpha value is -1.28. The molecule has 0 aliphatic rings. The topological polar surface area (TPSA) is 0 Å². The summed E-state index contributed by atoms with van der Waals surface area (Å²) in [5.41, 5.74) is 0.701. The van der Waals surface area contributed by atoms with Gasteiger partial charge in [-0.3, -0.25) is 0 Å². The second-order valence-electron chi connectivity index (χ2n) is 3.27. The standard InChI is InChI=1S/C7H7F.C7H8S/c1-6-4-2-3-5-7(6)8;1-8-7-5-3-2-4-6-7/h2-5H,1H3;2-6H,1H3. The van der Waals surface area contributed by atoms with Crippen molar-refractivity contribution in [3.05, 3.63) is 66.0 Å². The lowest BCUT2D eigenvalue weighted by Crippen LogP contribution is -1.76. The zero-order valence-corrected chi connectivity index (χ0v) is 10.3. The van der Waals surface area contributed by atoms with Crippen molar-refractivity contribution in [2.45, 2.75) is 11.8 Å². The van der Waals surface area contributed by atoms with Crippen LogP contribution in [0, 0.1) is 12.7 Å². The van der Waals surface area contributed by atoms with Gasteiger partial charge in [0.1, 0.15) is 5.82 Å². The van der Waals surface area contributed by atoms with Crippen molar-refractivity contribution in [3.8, 4) is 0 Å². The Kier molecular flexibility index (Phi) is 5.65. The average Bonchev–Trinajstić information content (AvgIpc) is 2.35. The summed E-state index contributed by atoms with van der Waals surface area (Å²) >= 11 is 1.77. The highest BCUT2D eigenvalue weighted by Crippen LogP contribution is 2.11. The molecule has 0 nitrogen and oxygen atoms in total. The second kappa shape index (κ2) is 7.07. The van der Waals surface area contributed by atoms with E-state index < -0.39 is 0 Å². The van der Waals surface area contributed by atoms with E-state index in [-0.39, 0.29) is 5.82 Å². The lowest BCUT2D eigenvalue weighted by atomic mass is 10.2. The van der Waals surface area contributed by atoms with Gasteiger partial charge in [-0.05, 0) is 36.9 Å².